The lowest BCUT2D eigenvalue weighted by Gasteiger charge is -2.26. The van der Waals surface area contributed by atoms with Crippen LogP contribution in [0.15, 0.2) is 215 Å². The molecule has 0 saturated carbocycles. The Morgan fingerprint density at radius 3 is 1.50 bits per heavy atom. The number of para-hydroxylation sites is 4. The van der Waals surface area contributed by atoms with Gasteiger partial charge in [-0.1, -0.05) is 127 Å². The molecule has 0 fully saturated rings. The Labute approximate surface area is 334 Å². The second-order valence-corrected chi connectivity index (χ2v) is 14.9. The molecule has 0 aliphatic rings. The van der Waals surface area contributed by atoms with E-state index in [0.29, 0.717) is 0 Å². The summed E-state index contributed by atoms with van der Waals surface area (Å²) >= 11 is 0. The van der Waals surface area contributed by atoms with Gasteiger partial charge in [0.05, 0.1) is 11.0 Å². The van der Waals surface area contributed by atoms with Crippen molar-refractivity contribution in [2.75, 3.05) is 4.90 Å². The summed E-state index contributed by atoms with van der Waals surface area (Å²) in [5.74, 6) is 0. The van der Waals surface area contributed by atoms with Gasteiger partial charge in [-0.2, -0.15) is 0 Å². The summed E-state index contributed by atoms with van der Waals surface area (Å²) in [7, 11) is 0. The number of hydrogen-bond donors (Lipinski definition) is 0. The molecule has 12 aromatic rings. The second-order valence-electron chi connectivity index (χ2n) is 14.9. The quantitative estimate of drug-likeness (QED) is 0.170. The maximum absolute atomic E-state index is 6.69. The summed E-state index contributed by atoms with van der Waals surface area (Å²) in [6.07, 6.45) is 0. The van der Waals surface area contributed by atoms with E-state index < -0.39 is 0 Å². The van der Waals surface area contributed by atoms with E-state index in [9.17, 15) is 0 Å². The number of benzene rings is 9. The van der Waals surface area contributed by atoms with E-state index in [-0.39, 0.29) is 0 Å². The highest BCUT2D eigenvalue weighted by atomic mass is 16.3. The number of furan rings is 2. The van der Waals surface area contributed by atoms with E-state index in [1.54, 1.807) is 0 Å². The molecule has 0 bridgehead atoms. The van der Waals surface area contributed by atoms with E-state index in [2.05, 4.69) is 198 Å². The molecular weight excluding hydrogens is 709 g/mol. The Kier molecular flexibility index (Phi) is 7.20. The summed E-state index contributed by atoms with van der Waals surface area (Å²) in [5, 5.41) is 6.88. The highest BCUT2D eigenvalue weighted by Gasteiger charge is 2.20. The first-order chi connectivity index (χ1) is 28.7. The van der Waals surface area contributed by atoms with Crippen LogP contribution in [-0.2, 0) is 0 Å². The van der Waals surface area contributed by atoms with Gasteiger partial charge in [0, 0.05) is 66.7 Å². The zero-order chi connectivity index (χ0) is 38.2. The molecule has 0 spiro atoms. The minimum Gasteiger partial charge on any atom is -0.456 e. The first-order valence-electron chi connectivity index (χ1n) is 19.7. The van der Waals surface area contributed by atoms with Gasteiger partial charge in [-0.25, -0.2) is 0 Å². The molecule has 4 heteroatoms. The van der Waals surface area contributed by atoms with E-state index in [4.69, 9.17) is 8.83 Å². The molecule has 9 aromatic carbocycles. The fourth-order valence-corrected chi connectivity index (χ4v) is 8.88. The molecule has 0 amide bonds. The zero-order valence-corrected chi connectivity index (χ0v) is 31.3. The van der Waals surface area contributed by atoms with Gasteiger partial charge in [-0.05, 0) is 89.5 Å². The molecule has 0 unspecified atom stereocenters. The largest absolute Gasteiger partial charge is 0.456 e. The SMILES string of the molecule is c1ccc(-c2ccc(N(c3ccc(-c4cc(-n5c6ccccc6c6ccccc65)cc5c4oc4ccccc45)cc3)c3ccc4c(c3)oc3ccccc34)cc2)cc1. The number of anilines is 3. The molecule has 3 heterocycles. The third-order valence-corrected chi connectivity index (χ3v) is 11.6. The van der Waals surface area contributed by atoms with Crippen LogP contribution < -0.4 is 4.90 Å². The fourth-order valence-electron chi connectivity index (χ4n) is 8.88. The molecule has 58 heavy (non-hydrogen) atoms. The molecule has 0 saturated heterocycles. The van der Waals surface area contributed by atoms with Crippen molar-refractivity contribution in [3.63, 3.8) is 0 Å². The highest BCUT2D eigenvalue weighted by molar-refractivity contribution is 6.13. The van der Waals surface area contributed by atoms with Crippen LogP contribution in [0.2, 0.25) is 0 Å². The topological polar surface area (TPSA) is 34.5 Å². The zero-order valence-electron chi connectivity index (χ0n) is 31.3. The van der Waals surface area contributed by atoms with Gasteiger partial charge in [-0.3, -0.25) is 0 Å². The number of hydrogen-bond acceptors (Lipinski definition) is 3. The smallest absolute Gasteiger partial charge is 0.143 e. The molecule has 3 aromatic heterocycles. The third-order valence-electron chi connectivity index (χ3n) is 11.6. The molecule has 272 valence electrons. The number of nitrogens with zero attached hydrogens (tertiary/aromatic N) is 2. The first-order valence-corrected chi connectivity index (χ1v) is 19.7. The first kappa shape index (κ1) is 32.4. The fraction of sp³-hybridized carbons (Fsp3) is 0. The Morgan fingerprint density at radius 1 is 0.328 bits per heavy atom. The predicted octanol–water partition coefficient (Wildman–Crippen LogP) is 15.4. The Hall–Kier alpha value is -7.82. The number of fused-ring (bicyclic) bond motifs is 9. The number of rotatable bonds is 6. The molecule has 0 atom stereocenters. The van der Waals surface area contributed by atoms with Gasteiger partial charge in [0.2, 0.25) is 0 Å². The van der Waals surface area contributed by atoms with E-state index in [1.807, 2.05) is 18.2 Å². The van der Waals surface area contributed by atoms with Gasteiger partial charge in [0.1, 0.15) is 22.3 Å². The maximum Gasteiger partial charge on any atom is 0.143 e. The maximum atomic E-state index is 6.69. The third kappa shape index (κ3) is 5.09. The average Bonchev–Trinajstić information content (AvgIpc) is 3.96. The van der Waals surface area contributed by atoms with E-state index in [0.717, 1.165) is 77.8 Å². The minimum atomic E-state index is 0.857. The molecule has 4 nitrogen and oxygen atoms in total. The lowest BCUT2D eigenvalue weighted by Crippen LogP contribution is -2.09. The van der Waals surface area contributed by atoms with Crippen molar-refractivity contribution in [3.8, 4) is 27.9 Å². The molecule has 0 aliphatic carbocycles. The van der Waals surface area contributed by atoms with Crippen molar-refractivity contribution in [2.24, 2.45) is 0 Å². The van der Waals surface area contributed by atoms with Crippen molar-refractivity contribution in [1.29, 1.82) is 0 Å². The summed E-state index contributed by atoms with van der Waals surface area (Å²) in [4.78, 5) is 2.30. The van der Waals surface area contributed by atoms with Crippen LogP contribution in [-0.4, -0.2) is 4.57 Å². The molecule has 0 N–H and O–H groups in total. The monoisotopic (exact) mass is 742 g/mol. The van der Waals surface area contributed by atoms with E-state index >= 15 is 0 Å². The van der Waals surface area contributed by atoms with E-state index in [1.165, 1.54) is 32.9 Å². The summed E-state index contributed by atoms with van der Waals surface area (Å²) in [6, 6.07) is 73.2. The normalized spacial score (nSPS) is 11.8. The van der Waals surface area contributed by atoms with Crippen LogP contribution in [0, 0.1) is 0 Å². The molecule has 12 rings (SSSR count). The van der Waals surface area contributed by atoms with Crippen LogP contribution in [0.1, 0.15) is 0 Å². The van der Waals surface area contributed by atoms with Crippen LogP contribution in [0.25, 0.3) is 93.6 Å². The summed E-state index contributed by atoms with van der Waals surface area (Å²) in [5.41, 5.74) is 14.5. The van der Waals surface area contributed by atoms with Gasteiger partial charge in [0.25, 0.3) is 0 Å². The van der Waals surface area contributed by atoms with Crippen LogP contribution in [0.4, 0.5) is 17.1 Å². The van der Waals surface area contributed by atoms with Crippen molar-refractivity contribution in [2.45, 2.75) is 0 Å². The summed E-state index contributed by atoms with van der Waals surface area (Å²) in [6.45, 7) is 0. The Balaban J connectivity index is 1.03. The van der Waals surface area contributed by atoms with Crippen molar-refractivity contribution in [3.05, 3.63) is 206 Å². The van der Waals surface area contributed by atoms with Crippen molar-refractivity contribution >= 4 is 82.7 Å². The van der Waals surface area contributed by atoms with Crippen LogP contribution in [0.3, 0.4) is 0 Å². The molecular formula is C54H34N2O2. The van der Waals surface area contributed by atoms with Gasteiger partial charge >= 0.3 is 0 Å². The van der Waals surface area contributed by atoms with Gasteiger partial charge in [-0.15, -0.1) is 0 Å². The van der Waals surface area contributed by atoms with Crippen molar-refractivity contribution < 1.29 is 8.83 Å². The lowest BCUT2D eigenvalue weighted by atomic mass is 10.00. The molecule has 0 radical (unpaired) electrons. The Bertz CT molecular complexity index is 3450. The highest BCUT2D eigenvalue weighted by Crippen LogP contribution is 2.43. The Morgan fingerprint density at radius 2 is 0.828 bits per heavy atom. The second kappa shape index (κ2) is 12.9. The minimum absolute atomic E-state index is 0.857. The van der Waals surface area contributed by atoms with Crippen LogP contribution in [0.5, 0.6) is 0 Å². The lowest BCUT2D eigenvalue weighted by molar-refractivity contribution is 0.669. The van der Waals surface area contributed by atoms with Gasteiger partial charge < -0.3 is 18.3 Å². The average molecular weight is 743 g/mol. The van der Waals surface area contributed by atoms with Gasteiger partial charge in [0.15, 0.2) is 0 Å². The molecule has 0 aliphatic heterocycles. The summed E-state index contributed by atoms with van der Waals surface area (Å²) < 4.78 is 15.5. The van der Waals surface area contributed by atoms with Crippen LogP contribution >= 0.6 is 0 Å². The standard InChI is InChI=1S/C54H34N2O2/c1-2-12-35(13-3-1)36-22-26-38(27-23-36)55(40-30-31-46-44-16-6-10-20-51(44)57-53(46)34-40)39-28-24-37(25-29-39)47-32-41(33-48-45-17-7-11-21-52(45)58-54(47)48)56-49-18-8-4-14-42(49)43-15-5-9-19-50(43)56/h1-34H. The predicted molar refractivity (Wildman–Crippen MR) is 241 cm³/mol. The van der Waals surface area contributed by atoms with Crippen molar-refractivity contribution in [1.82, 2.24) is 4.57 Å². The number of aromatic nitrogens is 1.